The van der Waals surface area contributed by atoms with E-state index >= 15 is 0 Å². The van der Waals surface area contributed by atoms with Crippen LogP contribution in [0.25, 0.3) is 27.2 Å². The number of ketones is 2. The standard InChI is InChI=1S/C22H19N3O2.ClH/c1-24(2)10-9-15-21(26)16-11-23-12-25-17-8-7-13-5-3-4-6-14(13)18(17)19(20(16)25)22(15)27;/h3-8,11-12,15H,9-10H2,1-2H3;1H. The van der Waals surface area contributed by atoms with Gasteiger partial charge in [-0.05, 0) is 43.9 Å². The fourth-order valence-electron chi connectivity index (χ4n) is 4.25. The van der Waals surface area contributed by atoms with Crippen LogP contribution in [0.4, 0.5) is 0 Å². The van der Waals surface area contributed by atoms with Crippen LogP contribution in [-0.2, 0) is 0 Å². The van der Waals surface area contributed by atoms with Gasteiger partial charge in [0.05, 0.1) is 34.4 Å². The minimum absolute atomic E-state index is 0. The average Bonchev–Trinajstić information content (AvgIpc) is 3.02. The van der Waals surface area contributed by atoms with Crippen LogP contribution in [0, 0.1) is 5.92 Å². The van der Waals surface area contributed by atoms with Crippen molar-refractivity contribution in [1.82, 2.24) is 14.3 Å². The second kappa shape index (κ2) is 6.69. The maximum atomic E-state index is 13.5. The van der Waals surface area contributed by atoms with E-state index in [0.29, 0.717) is 29.6 Å². The Hall–Kier alpha value is -2.76. The predicted octanol–water partition coefficient (Wildman–Crippen LogP) is 4.01. The van der Waals surface area contributed by atoms with Crippen molar-refractivity contribution >= 4 is 51.2 Å². The van der Waals surface area contributed by atoms with Gasteiger partial charge in [-0.15, -0.1) is 12.4 Å². The van der Waals surface area contributed by atoms with Gasteiger partial charge in [-0.2, -0.15) is 0 Å². The van der Waals surface area contributed by atoms with Gasteiger partial charge in [0.1, 0.15) is 0 Å². The molecule has 1 atom stereocenters. The van der Waals surface area contributed by atoms with Crippen molar-refractivity contribution in [2.75, 3.05) is 20.6 Å². The molecule has 5 nitrogen and oxygen atoms in total. The molecule has 1 aliphatic rings. The van der Waals surface area contributed by atoms with E-state index in [1.807, 2.05) is 59.8 Å². The van der Waals surface area contributed by atoms with Gasteiger partial charge in [0.25, 0.3) is 0 Å². The summed E-state index contributed by atoms with van der Waals surface area (Å²) in [6.07, 6.45) is 3.82. The molecular formula is C22H20ClN3O2. The third kappa shape index (κ3) is 2.47. The number of fused-ring (bicyclic) bond motifs is 5. The third-order valence-corrected chi connectivity index (χ3v) is 5.54. The van der Waals surface area contributed by atoms with Crippen LogP contribution in [0.3, 0.4) is 0 Å². The first-order chi connectivity index (χ1) is 13.1. The van der Waals surface area contributed by atoms with Gasteiger partial charge in [-0.3, -0.25) is 14.0 Å². The van der Waals surface area contributed by atoms with Crippen molar-refractivity contribution in [2.45, 2.75) is 6.42 Å². The molecule has 4 aromatic rings. The second-order valence-electron chi connectivity index (χ2n) is 7.45. The molecular weight excluding hydrogens is 374 g/mol. The molecule has 1 unspecified atom stereocenters. The first kappa shape index (κ1) is 18.6. The number of nitrogens with zero attached hydrogens (tertiary/aromatic N) is 3. The highest BCUT2D eigenvalue weighted by Gasteiger charge is 2.38. The topological polar surface area (TPSA) is 54.7 Å². The van der Waals surface area contributed by atoms with Crippen LogP contribution in [0.5, 0.6) is 0 Å². The lowest BCUT2D eigenvalue weighted by Gasteiger charge is -2.22. The molecule has 2 aromatic heterocycles. The molecule has 2 heterocycles. The summed E-state index contributed by atoms with van der Waals surface area (Å²) in [6.45, 7) is 0.688. The quantitative estimate of drug-likeness (QED) is 0.493. The van der Waals surface area contributed by atoms with Crippen molar-refractivity contribution in [3.63, 3.8) is 0 Å². The number of carbonyl (C=O) groups excluding carboxylic acids is 2. The molecule has 5 rings (SSSR count). The van der Waals surface area contributed by atoms with Crippen molar-refractivity contribution < 1.29 is 9.59 Å². The smallest absolute Gasteiger partial charge is 0.177 e. The Morgan fingerprint density at radius 3 is 2.64 bits per heavy atom. The lowest BCUT2D eigenvalue weighted by molar-refractivity contribution is 0.0788. The van der Waals surface area contributed by atoms with E-state index in [0.717, 1.165) is 21.7 Å². The van der Waals surface area contributed by atoms with Gasteiger partial charge in [0.15, 0.2) is 11.6 Å². The Labute approximate surface area is 168 Å². The number of hydrogen-bond acceptors (Lipinski definition) is 4. The number of aromatic nitrogens is 2. The van der Waals surface area contributed by atoms with E-state index < -0.39 is 5.92 Å². The van der Waals surface area contributed by atoms with E-state index in [-0.39, 0.29) is 24.0 Å². The van der Waals surface area contributed by atoms with Gasteiger partial charge in [-0.25, -0.2) is 4.98 Å². The molecule has 6 heteroatoms. The van der Waals surface area contributed by atoms with Crippen LogP contribution < -0.4 is 0 Å². The van der Waals surface area contributed by atoms with Crippen molar-refractivity contribution in [3.8, 4) is 0 Å². The van der Waals surface area contributed by atoms with E-state index in [2.05, 4.69) is 4.98 Å². The zero-order valence-corrected chi connectivity index (χ0v) is 16.5. The number of carbonyl (C=O) groups is 2. The summed E-state index contributed by atoms with van der Waals surface area (Å²) in [7, 11) is 3.90. The molecule has 0 fully saturated rings. The average molecular weight is 394 g/mol. The zero-order chi connectivity index (χ0) is 18.7. The zero-order valence-electron chi connectivity index (χ0n) is 15.7. The Morgan fingerprint density at radius 2 is 1.86 bits per heavy atom. The van der Waals surface area contributed by atoms with Crippen LogP contribution in [0.2, 0.25) is 0 Å². The van der Waals surface area contributed by atoms with E-state index in [1.54, 1.807) is 12.5 Å². The minimum atomic E-state index is -0.641. The summed E-state index contributed by atoms with van der Waals surface area (Å²) >= 11 is 0. The maximum Gasteiger partial charge on any atom is 0.177 e. The summed E-state index contributed by atoms with van der Waals surface area (Å²) in [5, 5.41) is 3.05. The van der Waals surface area contributed by atoms with Crippen LogP contribution in [0.15, 0.2) is 48.9 Å². The molecule has 142 valence electrons. The Morgan fingerprint density at radius 1 is 1.07 bits per heavy atom. The fraction of sp³-hybridized carbons (Fsp3) is 0.227. The Bertz CT molecular complexity index is 1260. The predicted molar refractivity (Wildman–Crippen MR) is 113 cm³/mol. The molecule has 0 spiro atoms. The van der Waals surface area contributed by atoms with Gasteiger partial charge in [-0.1, -0.05) is 30.3 Å². The molecule has 28 heavy (non-hydrogen) atoms. The molecule has 0 saturated heterocycles. The first-order valence-corrected chi connectivity index (χ1v) is 9.10. The highest BCUT2D eigenvalue weighted by atomic mass is 35.5. The molecule has 1 aliphatic carbocycles. The van der Waals surface area contributed by atoms with Gasteiger partial charge in [0.2, 0.25) is 0 Å². The summed E-state index contributed by atoms with van der Waals surface area (Å²) in [5.41, 5.74) is 2.84. The monoisotopic (exact) mass is 393 g/mol. The Kier molecular flexibility index (Phi) is 4.44. The summed E-state index contributed by atoms with van der Waals surface area (Å²) in [5.74, 6) is -0.818. The maximum absolute atomic E-state index is 13.5. The second-order valence-corrected chi connectivity index (χ2v) is 7.45. The van der Waals surface area contributed by atoms with Crippen molar-refractivity contribution in [1.29, 1.82) is 0 Å². The van der Waals surface area contributed by atoms with Gasteiger partial charge in [0, 0.05) is 11.6 Å². The molecule has 0 amide bonds. The van der Waals surface area contributed by atoms with Crippen LogP contribution >= 0.6 is 12.4 Å². The number of Topliss-reactive ketones (excluding diaryl/α,β-unsaturated/α-hetero) is 2. The number of halogens is 1. The first-order valence-electron chi connectivity index (χ1n) is 9.10. The third-order valence-electron chi connectivity index (χ3n) is 5.54. The molecule has 2 aromatic carbocycles. The van der Waals surface area contributed by atoms with E-state index in [4.69, 9.17) is 0 Å². The number of hydrogen-bond donors (Lipinski definition) is 0. The molecule has 0 bridgehead atoms. The summed E-state index contributed by atoms with van der Waals surface area (Å²) in [4.78, 5) is 32.8. The highest BCUT2D eigenvalue weighted by molar-refractivity contribution is 6.33. The SMILES string of the molecule is CN(C)CCC1C(=O)c2cncn3c2c(c2c4ccccc4ccc23)C1=O.Cl. The molecule has 0 saturated carbocycles. The normalized spacial score (nSPS) is 16.3. The minimum Gasteiger partial charge on any atom is -0.309 e. The highest BCUT2D eigenvalue weighted by Crippen LogP contribution is 2.39. The van der Waals surface area contributed by atoms with E-state index in [1.165, 1.54) is 0 Å². The number of benzene rings is 2. The molecule has 0 radical (unpaired) electrons. The molecule has 0 aliphatic heterocycles. The van der Waals surface area contributed by atoms with Crippen LogP contribution in [0.1, 0.15) is 27.1 Å². The van der Waals surface area contributed by atoms with Crippen molar-refractivity contribution in [3.05, 3.63) is 60.0 Å². The largest absolute Gasteiger partial charge is 0.309 e. The fourth-order valence-corrected chi connectivity index (χ4v) is 4.25. The van der Waals surface area contributed by atoms with Gasteiger partial charge < -0.3 is 4.90 Å². The molecule has 0 N–H and O–H groups in total. The van der Waals surface area contributed by atoms with Crippen LogP contribution in [-0.4, -0.2) is 46.5 Å². The lowest BCUT2D eigenvalue weighted by Crippen LogP contribution is -2.32. The summed E-state index contributed by atoms with van der Waals surface area (Å²) in [6, 6.07) is 12.1. The van der Waals surface area contributed by atoms with Crippen molar-refractivity contribution in [2.24, 2.45) is 5.92 Å². The number of rotatable bonds is 3. The van der Waals surface area contributed by atoms with E-state index in [9.17, 15) is 9.59 Å². The lowest BCUT2D eigenvalue weighted by atomic mass is 9.81. The summed E-state index contributed by atoms with van der Waals surface area (Å²) < 4.78 is 1.89. The Balaban J connectivity index is 0.00000192. The van der Waals surface area contributed by atoms with Gasteiger partial charge >= 0.3 is 0 Å².